The zero-order valence-corrected chi connectivity index (χ0v) is 12.1. The summed E-state index contributed by atoms with van der Waals surface area (Å²) in [6.45, 7) is 2.81. The Balaban J connectivity index is 1.79. The molecule has 0 spiro atoms. The Kier molecular flexibility index (Phi) is 3.88. The zero-order valence-electron chi connectivity index (χ0n) is 12.1. The average molecular weight is 271 g/mol. The molecule has 0 bridgehead atoms. The average Bonchev–Trinajstić information content (AvgIpc) is 2.94. The first kappa shape index (κ1) is 13.4. The lowest BCUT2D eigenvalue weighted by Crippen LogP contribution is -2.36. The lowest BCUT2D eigenvalue weighted by Gasteiger charge is -2.33. The van der Waals surface area contributed by atoms with Crippen LogP contribution < -0.4 is 4.90 Å². The van der Waals surface area contributed by atoms with E-state index in [1.807, 2.05) is 0 Å². The van der Waals surface area contributed by atoms with Crippen molar-refractivity contribution >= 4 is 5.82 Å². The van der Waals surface area contributed by atoms with Crippen molar-refractivity contribution in [2.24, 2.45) is 5.92 Å². The third-order valence-electron chi connectivity index (χ3n) is 4.47. The molecule has 1 aliphatic heterocycles. The van der Waals surface area contributed by atoms with Gasteiger partial charge in [-0.1, -0.05) is 0 Å². The molecule has 0 aromatic carbocycles. The van der Waals surface area contributed by atoms with Gasteiger partial charge in [0.05, 0.1) is 5.56 Å². The van der Waals surface area contributed by atoms with Gasteiger partial charge in [-0.25, -0.2) is 4.98 Å². The van der Waals surface area contributed by atoms with Gasteiger partial charge < -0.3 is 9.64 Å². The molecule has 1 saturated heterocycles. The fourth-order valence-electron chi connectivity index (χ4n) is 3.33. The summed E-state index contributed by atoms with van der Waals surface area (Å²) in [6, 6.07) is 4.39. The van der Waals surface area contributed by atoms with Crippen molar-refractivity contribution in [3.05, 3.63) is 22.9 Å². The predicted octanol–water partition coefficient (Wildman–Crippen LogP) is 2.30. The van der Waals surface area contributed by atoms with E-state index < -0.39 is 0 Å². The summed E-state index contributed by atoms with van der Waals surface area (Å²) < 4.78 is 5.24. The highest BCUT2D eigenvalue weighted by atomic mass is 16.5. The first-order valence-corrected chi connectivity index (χ1v) is 7.48. The van der Waals surface area contributed by atoms with Crippen LogP contribution in [0.15, 0.2) is 6.07 Å². The van der Waals surface area contributed by atoms with Gasteiger partial charge in [-0.3, -0.25) is 0 Å². The third-order valence-corrected chi connectivity index (χ3v) is 4.47. The van der Waals surface area contributed by atoms with Crippen molar-refractivity contribution < 1.29 is 4.74 Å². The van der Waals surface area contributed by atoms with Gasteiger partial charge in [0.15, 0.2) is 0 Å². The highest BCUT2D eigenvalue weighted by molar-refractivity contribution is 5.57. The van der Waals surface area contributed by atoms with E-state index in [4.69, 9.17) is 9.72 Å². The molecule has 1 aliphatic carbocycles. The third kappa shape index (κ3) is 2.51. The van der Waals surface area contributed by atoms with Gasteiger partial charge in [-0.15, -0.1) is 0 Å². The normalized spacial score (nSPS) is 18.9. The highest BCUT2D eigenvalue weighted by Crippen LogP contribution is 2.29. The van der Waals surface area contributed by atoms with Crippen LogP contribution in [0.1, 0.15) is 36.1 Å². The lowest BCUT2D eigenvalue weighted by molar-refractivity contribution is 0.139. The molecule has 0 unspecified atom stereocenters. The second kappa shape index (κ2) is 5.80. The summed E-state index contributed by atoms with van der Waals surface area (Å²) in [5.74, 6) is 1.56. The van der Waals surface area contributed by atoms with Crippen molar-refractivity contribution in [2.45, 2.75) is 32.1 Å². The SMILES string of the molecule is COCC1CCN(c2nc3c(cc2C#N)CCC3)CC1. The monoisotopic (exact) mass is 271 g/mol. The largest absolute Gasteiger partial charge is 0.384 e. The molecule has 4 heteroatoms. The molecule has 1 fully saturated rings. The number of fused-ring (bicyclic) bond motifs is 1. The Hall–Kier alpha value is -1.60. The smallest absolute Gasteiger partial charge is 0.146 e. The summed E-state index contributed by atoms with van der Waals surface area (Å²) in [5, 5.41) is 9.38. The number of hydrogen-bond donors (Lipinski definition) is 0. The molecule has 0 N–H and O–H groups in total. The van der Waals surface area contributed by atoms with Crippen LogP contribution in [0.5, 0.6) is 0 Å². The van der Waals surface area contributed by atoms with E-state index in [9.17, 15) is 5.26 Å². The van der Waals surface area contributed by atoms with Crippen molar-refractivity contribution in [2.75, 3.05) is 31.7 Å². The van der Waals surface area contributed by atoms with Crippen LogP contribution >= 0.6 is 0 Å². The van der Waals surface area contributed by atoms with Gasteiger partial charge in [0.2, 0.25) is 0 Å². The number of nitrogens with zero attached hydrogens (tertiary/aromatic N) is 3. The summed E-state index contributed by atoms with van der Waals surface area (Å²) in [4.78, 5) is 7.07. The van der Waals surface area contributed by atoms with Crippen molar-refractivity contribution in [3.63, 3.8) is 0 Å². The molecule has 3 rings (SSSR count). The quantitative estimate of drug-likeness (QED) is 0.846. The van der Waals surface area contributed by atoms with Gasteiger partial charge in [-0.2, -0.15) is 5.26 Å². The summed E-state index contributed by atoms with van der Waals surface area (Å²) >= 11 is 0. The van der Waals surface area contributed by atoms with Crippen LogP contribution in [0.25, 0.3) is 0 Å². The number of anilines is 1. The van der Waals surface area contributed by atoms with Gasteiger partial charge in [0.1, 0.15) is 11.9 Å². The van der Waals surface area contributed by atoms with Crippen molar-refractivity contribution in [3.8, 4) is 6.07 Å². The van der Waals surface area contributed by atoms with E-state index in [0.717, 1.165) is 56.8 Å². The molecule has 0 atom stereocenters. The van der Waals surface area contributed by atoms with Crippen LogP contribution in [0, 0.1) is 17.2 Å². The van der Waals surface area contributed by atoms with Gasteiger partial charge in [-0.05, 0) is 49.7 Å². The Morgan fingerprint density at radius 1 is 1.40 bits per heavy atom. The molecule has 106 valence electrons. The fraction of sp³-hybridized carbons (Fsp3) is 0.625. The molecule has 2 heterocycles. The molecule has 1 aromatic rings. The van der Waals surface area contributed by atoms with Crippen LogP contribution in [0.2, 0.25) is 0 Å². The number of pyridine rings is 1. The molecule has 2 aliphatic rings. The van der Waals surface area contributed by atoms with E-state index in [-0.39, 0.29) is 0 Å². The molecular formula is C16H21N3O. The van der Waals surface area contributed by atoms with Gasteiger partial charge in [0, 0.05) is 32.5 Å². The van der Waals surface area contributed by atoms with Crippen LogP contribution in [0.4, 0.5) is 5.82 Å². The van der Waals surface area contributed by atoms with Crippen LogP contribution in [-0.2, 0) is 17.6 Å². The minimum atomic E-state index is 0.649. The maximum absolute atomic E-state index is 9.38. The van der Waals surface area contributed by atoms with Crippen molar-refractivity contribution in [1.82, 2.24) is 4.98 Å². The Morgan fingerprint density at radius 2 is 2.20 bits per heavy atom. The zero-order chi connectivity index (χ0) is 13.9. The Morgan fingerprint density at radius 3 is 2.90 bits per heavy atom. The number of aryl methyl sites for hydroxylation is 2. The van der Waals surface area contributed by atoms with Crippen molar-refractivity contribution in [1.29, 1.82) is 5.26 Å². The van der Waals surface area contributed by atoms with E-state index in [1.54, 1.807) is 7.11 Å². The molecule has 20 heavy (non-hydrogen) atoms. The number of hydrogen-bond acceptors (Lipinski definition) is 4. The minimum absolute atomic E-state index is 0.649. The molecule has 4 nitrogen and oxygen atoms in total. The summed E-state index contributed by atoms with van der Waals surface area (Å²) in [6.07, 6.45) is 5.56. The highest BCUT2D eigenvalue weighted by Gasteiger charge is 2.24. The fourth-order valence-corrected chi connectivity index (χ4v) is 3.33. The first-order valence-electron chi connectivity index (χ1n) is 7.48. The number of piperidine rings is 1. The molecule has 0 amide bonds. The standard InChI is InChI=1S/C16H21N3O/c1-20-11-12-5-7-19(8-6-12)16-14(10-17)9-13-3-2-4-15(13)18-16/h9,12H,2-8,11H2,1H3. The summed E-state index contributed by atoms with van der Waals surface area (Å²) in [7, 11) is 1.77. The molecule has 0 saturated carbocycles. The first-order chi connectivity index (χ1) is 9.81. The Bertz CT molecular complexity index is 527. The van der Waals surface area contributed by atoms with E-state index >= 15 is 0 Å². The number of ether oxygens (including phenoxy) is 1. The van der Waals surface area contributed by atoms with E-state index in [2.05, 4.69) is 17.0 Å². The second-order valence-electron chi connectivity index (χ2n) is 5.82. The van der Waals surface area contributed by atoms with E-state index in [1.165, 1.54) is 17.7 Å². The number of rotatable bonds is 3. The molecule has 1 aromatic heterocycles. The molecule has 0 radical (unpaired) electrons. The number of aromatic nitrogens is 1. The van der Waals surface area contributed by atoms with E-state index in [0.29, 0.717) is 5.92 Å². The number of nitriles is 1. The van der Waals surface area contributed by atoms with Crippen LogP contribution in [-0.4, -0.2) is 31.8 Å². The predicted molar refractivity (Wildman–Crippen MR) is 77.8 cm³/mol. The Labute approximate surface area is 120 Å². The summed E-state index contributed by atoms with van der Waals surface area (Å²) in [5.41, 5.74) is 3.23. The maximum atomic E-state index is 9.38. The van der Waals surface area contributed by atoms with Crippen LogP contribution in [0.3, 0.4) is 0 Å². The lowest BCUT2D eigenvalue weighted by atomic mass is 9.97. The topological polar surface area (TPSA) is 49.1 Å². The molecular weight excluding hydrogens is 250 g/mol. The van der Waals surface area contributed by atoms with Gasteiger partial charge in [0.25, 0.3) is 0 Å². The van der Waals surface area contributed by atoms with Gasteiger partial charge >= 0.3 is 0 Å². The number of methoxy groups -OCH3 is 1. The second-order valence-corrected chi connectivity index (χ2v) is 5.82. The minimum Gasteiger partial charge on any atom is -0.384 e. The maximum Gasteiger partial charge on any atom is 0.146 e.